The number of carboxylic acids is 1. The molecule has 2 fully saturated rings. The lowest BCUT2D eigenvalue weighted by atomic mass is 10.1. The number of rotatable bonds is 4. The number of hydrogen-bond acceptors (Lipinski definition) is 2. The van der Waals surface area contributed by atoms with Gasteiger partial charge in [-0.1, -0.05) is 30.3 Å². The van der Waals surface area contributed by atoms with Gasteiger partial charge in [-0.05, 0) is 23.3 Å². The van der Waals surface area contributed by atoms with Crippen LogP contribution in [0.3, 0.4) is 0 Å². The van der Waals surface area contributed by atoms with E-state index in [1.807, 2.05) is 6.07 Å². The molecule has 1 saturated heterocycles. The average Bonchev–Trinajstić information content (AvgIpc) is 2.74. The van der Waals surface area contributed by atoms with E-state index in [0.29, 0.717) is 24.2 Å². The van der Waals surface area contributed by atoms with Crippen LogP contribution in [0.1, 0.15) is 12.0 Å². The van der Waals surface area contributed by atoms with E-state index in [4.69, 9.17) is 5.11 Å². The van der Waals surface area contributed by atoms with Gasteiger partial charge in [-0.2, -0.15) is 0 Å². The van der Waals surface area contributed by atoms with Gasteiger partial charge in [0, 0.05) is 26.1 Å². The molecule has 1 aromatic rings. The number of benzene rings is 1. The second-order valence-corrected chi connectivity index (χ2v) is 5.27. The number of likely N-dealkylation sites (tertiary alicyclic amines) is 1. The van der Waals surface area contributed by atoms with Crippen LogP contribution in [0.15, 0.2) is 30.3 Å². The van der Waals surface area contributed by atoms with Crippen molar-refractivity contribution >= 4 is 5.97 Å². The molecule has 1 aromatic carbocycles. The Balaban J connectivity index is 1.51. The largest absolute Gasteiger partial charge is 0.481 e. The van der Waals surface area contributed by atoms with Gasteiger partial charge in [-0.25, -0.2) is 0 Å². The monoisotopic (exact) mass is 231 g/mol. The highest BCUT2D eigenvalue weighted by Crippen LogP contribution is 2.53. The molecule has 1 aliphatic heterocycles. The first-order valence-corrected chi connectivity index (χ1v) is 6.22. The SMILES string of the molecule is O=C(O)C[C@@H]1[C@H]2CN(Cc3ccccc3)C[C@@H]12. The van der Waals surface area contributed by atoms with E-state index in [1.54, 1.807) is 0 Å². The van der Waals surface area contributed by atoms with Crippen LogP contribution >= 0.6 is 0 Å². The Morgan fingerprint density at radius 3 is 2.47 bits per heavy atom. The smallest absolute Gasteiger partial charge is 0.303 e. The fourth-order valence-corrected chi connectivity index (χ4v) is 3.21. The van der Waals surface area contributed by atoms with Crippen LogP contribution in [0.5, 0.6) is 0 Å². The van der Waals surface area contributed by atoms with Gasteiger partial charge >= 0.3 is 5.97 Å². The van der Waals surface area contributed by atoms with Crippen molar-refractivity contribution in [1.29, 1.82) is 0 Å². The molecule has 0 spiro atoms. The number of carbonyl (C=O) groups is 1. The Bertz CT molecular complexity index is 405. The summed E-state index contributed by atoms with van der Waals surface area (Å²) in [6, 6.07) is 10.5. The first-order valence-electron chi connectivity index (χ1n) is 6.22. The normalized spacial score (nSPS) is 31.2. The maximum Gasteiger partial charge on any atom is 0.303 e. The number of carboxylic acid groups (broad SMARTS) is 1. The summed E-state index contributed by atoms with van der Waals surface area (Å²) < 4.78 is 0. The first-order chi connectivity index (χ1) is 8.24. The zero-order valence-corrected chi connectivity index (χ0v) is 9.75. The third-order valence-electron chi connectivity index (χ3n) is 4.11. The van der Waals surface area contributed by atoms with Gasteiger partial charge in [0.05, 0.1) is 0 Å². The Morgan fingerprint density at radius 2 is 1.88 bits per heavy atom. The quantitative estimate of drug-likeness (QED) is 0.859. The summed E-state index contributed by atoms with van der Waals surface area (Å²) in [7, 11) is 0. The summed E-state index contributed by atoms with van der Waals surface area (Å²) in [5, 5.41) is 8.77. The van der Waals surface area contributed by atoms with Gasteiger partial charge in [0.15, 0.2) is 0 Å². The van der Waals surface area contributed by atoms with Crippen molar-refractivity contribution in [2.45, 2.75) is 13.0 Å². The summed E-state index contributed by atoms with van der Waals surface area (Å²) in [4.78, 5) is 13.1. The highest BCUT2D eigenvalue weighted by Gasteiger charge is 2.55. The van der Waals surface area contributed by atoms with E-state index in [1.165, 1.54) is 5.56 Å². The number of piperidine rings is 1. The lowest BCUT2D eigenvalue weighted by Crippen LogP contribution is -2.24. The lowest BCUT2D eigenvalue weighted by Gasteiger charge is -2.18. The molecule has 0 amide bonds. The number of hydrogen-bond donors (Lipinski definition) is 1. The third-order valence-corrected chi connectivity index (χ3v) is 4.11. The molecule has 0 radical (unpaired) electrons. The summed E-state index contributed by atoms with van der Waals surface area (Å²) >= 11 is 0. The Hall–Kier alpha value is -1.35. The van der Waals surface area contributed by atoms with Gasteiger partial charge in [0.1, 0.15) is 0 Å². The molecule has 1 aliphatic carbocycles. The second-order valence-electron chi connectivity index (χ2n) is 5.27. The van der Waals surface area contributed by atoms with Gasteiger partial charge < -0.3 is 5.11 Å². The predicted octanol–water partition coefficient (Wildman–Crippen LogP) is 1.84. The molecule has 3 heteroatoms. The summed E-state index contributed by atoms with van der Waals surface area (Å²) in [5.74, 6) is 1.11. The van der Waals surface area contributed by atoms with E-state index in [0.717, 1.165) is 19.6 Å². The maximum atomic E-state index is 10.6. The van der Waals surface area contributed by atoms with Crippen LogP contribution in [0.25, 0.3) is 0 Å². The fourth-order valence-electron chi connectivity index (χ4n) is 3.21. The van der Waals surface area contributed by atoms with Crippen LogP contribution in [-0.2, 0) is 11.3 Å². The minimum atomic E-state index is -0.640. The molecule has 3 rings (SSSR count). The number of nitrogens with zero attached hydrogens (tertiary/aromatic N) is 1. The van der Waals surface area contributed by atoms with Crippen LogP contribution in [-0.4, -0.2) is 29.1 Å². The molecule has 1 saturated carbocycles. The third kappa shape index (κ3) is 2.20. The molecule has 17 heavy (non-hydrogen) atoms. The van der Waals surface area contributed by atoms with Crippen molar-refractivity contribution in [3.63, 3.8) is 0 Å². The van der Waals surface area contributed by atoms with Crippen molar-refractivity contribution in [1.82, 2.24) is 4.90 Å². The molecule has 3 atom stereocenters. The van der Waals surface area contributed by atoms with E-state index in [9.17, 15) is 4.79 Å². The highest BCUT2D eigenvalue weighted by atomic mass is 16.4. The maximum absolute atomic E-state index is 10.6. The molecule has 1 N–H and O–H groups in total. The molecule has 1 heterocycles. The lowest BCUT2D eigenvalue weighted by molar-refractivity contribution is -0.137. The molecule has 90 valence electrons. The second kappa shape index (κ2) is 4.15. The van der Waals surface area contributed by atoms with Gasteiger partial charge in [-0.15, -0.1) is 0 Å². The molecule has 0 aromatic heterocycles. The molecule has 0 bridgehead atoms. The molecular formula is C14H17NO2. The molecule has 0 unspecified atom stereocenters. The Kier molecular flexibility index (Phi) is 2.63. The van der Waals surface area contributed by atoms with Crippen molar-refractivity contribution in [2.24, 2.45) is 17.8 Å². The van der Waals surface area contributed by atoms with E-state index < -0.39 is 5.97 Å². The predicted molar refractivity (Wildman–Crippen MR) is 64.4 cm³/mol. The first kappa shape index (κ1) is 10.8. The zero-order valence-electron chi connectivity index (χ0n) is 9.75. The average molecular weight is 231 g/mol. The molecule has 2 aliphatic rings. The van der Waals surface area contributed by atoms with Crippen LogP contribution in [0.2, 0.25) is 0 Å². The minimum Gasteiger partial charge on any atom is -0.481 e. The molecular weight excluding hydrogens is 214 g/mol. The van der Waals surface area contributed by atoms with Crippen molar-refractivity contribution < 1.29 is 9.90 Å². The topological polar surface area (TPSA) is 40.5 Å². The number of aliphatic carboxylic acids is 1. The van der Waals surface area contributed by atoms with E-state index >= 15 is 0 Å². The van der Waals surface area contributed by atoms with E-state index in [2.05, 4.69) is 29.2 Å². The van der Waals surface area contributed by atoms with Gasteiger partial charge in [0.25, 0.3) is 0 Å². The minimum absolute atomic E-state index is 0.370. The van der Waals surface area contributed by atoms with Crippen molar-refractivity contribution in [2.75, 3.05) is 13.1 Å². The summed E-state index contributed by atoms with van der Waals surface area (Å²) in [6.07, 6.45) is 0.370. The zero-order chi connectivity index (χ0) is 11.8. The van der Waals surface area contributed by atoms with Crippen LogP contribution < -0.4 is 0 Å². The van der Waals surface area contributed by atoms with Gasteiger partial charge in [0.2, 0.25) is 0 Å². The Morgan fingerprint density at radius 1 is 1.24 bits per heavy atom. The summed E-state index contributed by atoms with van der Waals surface area (Å²) in [5.41, 5.74) is 1.35. The van der Waals surface area contributed by atoms with Gasteiger partial charge in [-0.3, -0.25) is 9.69 Å². The number of fused-ring (bicyclic) bond motifs is 1. The fraction of sp³-hybridized carbons (Fsp3) is 0.500. The van der Waals surface area contributed by atoms with Crippen LogP contribution in [0.4, 0.5) is 0 Å². The van der Waals surface area contributed by atoms with Crippen molar-refractivity contribution in [3.8, 4) is 0 Å². The van der Waals surface area contributed by atoms with Crippen molar-refractivity contribution in [3.05, 3.63) is 35.9 Å². The highest BCUT2D eigenvalue weighted by molar-refractivity contribution is 5.67. The Labute approximate surface area is 101 Å². The summed E-state index contributed by atoms with van der Waals surface area (Å²) in [6.45, 7) is 3.17. The van der Waals surface area contributed by atoms with E-state index in [-0.39, 0.29) is 0 Å². The standard InChI is InChI=1S/C14H17NO2/c16-14(17)6-11-12-8-15(9-13(11)12)7-10-4-2-1-3-5-10/h1-5,11-13H,6-9H2,(H,16,17)/t11-,12-,13+. The van der Waals surface area contributed by atoms with Crippen LogP contribution in [0, 0.1) is 17.8 Å². The molecule has 3 nitrogen and oxygen atoms in total.